The Morgan fingerprint density at radius 3 is 2.76 bits per heavy atom. The van der Waals surface area contributed by atoms with Crippen LogP contribution in [0, 0.1) is 5.92 Å². The van der Waals surface area contributed by atoms with Crippen molar-refractivity contribution in [3.63, 3.8) is 0 Å². The van der Waals surface area contributed by atoms with Gasteiger partial charge in [-0.25, -0.2) is 4.98 Å². The summed E-state index contributed by atoms with van der Waals surface area (Å²) in [4.78, 5) is 4.57. The number of nitrogens with zero attached hydrogens (tertiary/aromatic N) is 1. The molecule has 1 aliphatic carbocycles. The van der Waals surface area contributed by atoms with Crippen molar-refractivity contribution in [2.75, 3.05) is 11.9 Å². The molecule has 4 heteroatoms. The molecular formula is C17H22BrN3. The lowest BCUT2D eigenvalue weighted by molar-refractivity contribution is 0.271. The molecule has 1 aliphatic rings. The number of hydrogen-bond donors (Lipinski definition) is 2. The van der Waals surface area contributed by atoms with Crippen molar-refractivity contribution in [2.45, 2.75) is 38.1 Å². The molecule has 0 amide bonds. The normalized spacial score (nSPS) is 26.0. The van der Waals surface area contributed by atoms with E-state index in [-0.39, 0.29) is 5.54 Å². The lowest BCUT2D eigenvalue weighted by Crippen LogP contribution is -2.48. The van der Waals surface area contributed by atoms with Crippen LogP contribution in [0.5, 0.6) is 0 Å². The van der Waals surface area contributed by atoms with E-state index < -0.39 is 0 Å². The van der Waals surface area contributed by atoms with Gasteiger partial charge in [0.15, 0.2) is 0 Å². The van der Waals surface area contributed by atoms with Crippen LogP contribution >= 0.6 is 15.9 Å². The first-order valence-electron chi connectivity index (χ1n) is 7.65. The second kappa shape index (κ2) is 5.93. The molecule has 0 aliphatic heterocycles. The molecule has 112 valence electrons. The van der Waals surface area contributed by atoms with Crippen molar-refractivity contribution in [3.05, 3.63) is 34.9 Å². The van der Waals surface area contributed by atoms with Crippen molar-refractivity contribution in [1.82, 2.24) is 4.98 Å². The SMILES string of the molecule is CC1CCC(CN)(Nc2nccc3c(Br)cccc23)CC1. The number of fused-ring (bicyclic) bond motifs is 1. The third-order valence-corrected chi connectivity index (χ3v) is 5.45. The van der Waals surface area contributed by atoms with Crippen molar-refractivity contribution in [3.8, 4) is 0 Å². The molecule has 21 heavy (non-hydrogen) atoms. The average molecular weight is 348 g/mol. The van der Waals surface area contributed by atoms with Crippen molar-refractivity contribution < 1.29 is 0 Å². The van der Waals surface area contributed by atoms with Crippen LogP contribution in [0.4, 0.5) is 5.82 Å². The molecule has 3 rings (SSSR count). The van der Waals surface area contributed by atoms with Crippen LogP contribution in [0.15, 0.2) is 34.9 Å². The van der Waals surface area contributed by atoms with E-state index in [0.717, 1.165) is 34.4 Å². The average Bonchev–Trinajstić information content (AvgIpc) is 2.51. The van der Waals surface area contributed by atoms with E-state index in [4.69, 9.17) is 5.73 Å². The summed E-state index contributed by atoms with van der Waals surface area (Å²) in [5, 5.41) is 6.02. The second-order valence-electron chi connectivity index (χ2n) is 6.29. The van der Waals surface area contributed by atoms with Crippen molar-refractivity contribution in [1.29, 1.82) is 0 Å². The van der Waals surface area contributed by atoms with E-state index in [1.54, 1.807) is 0 Å². The number of anilines is 1. The van der Waals surface area contributed by atoms with Crippen LogP contribution in [-0.2, 0) is 0 Å². The first-order valence-corrected chi connectivity index (χ1v) is 8.44. The molecule has 0 radical (unpaired) electrons. The van der Waals surface area contributed by atoms with Crippen LogP contribution < -0.4 is 11.1 Å². The summed E-state index contributed by atoms with van der Waals surface area (Å²) in [5.41, 5.74) is 6.10. The van der Waals surface area contributed by atoms with Crippen molar-refractivity contribution >= 4 is 32.5 Å². The summed E-state index contributed by atoms with van der Waals surface area (Å²) >= 11 is 3.61. The van der Waals surface area contributed by atoms with Gasteiger partial charge in [0.25, 0.3) is 0 Å². The molecule has 0 bridgehead atoms. The van der Waals surface area contributed by atoms with Crippen LogP contribution in [0.3, 0.4) is 0 Å². The maximum atomic E-state index is 6.11. The van der Waals surface area contributed by atoms with Gasteiger partial charge in [-0.15, -0.1) is 0 Å². The monoisotopic (exact) mass is 347 g/mol. The molecule has 3 N–H and O–H groups in total. The Bertz CT molecular complexity index is 633. The Morgan fingerprint density at radius 1 is 1.29 bits per heavy atom. The Hall–Kier alpha value is -1.13. The highest BCUT2D eigenvalue weighted by Crippen LogP contribution is 2.36. The molecule has 2 aromatic rings. The zero-order valence-electron chi connectivity index (χ0n) is 12.4. The van der Waals surface area contributed by atoms with Crippen LogP contribution in [0.25, 0.3) is 10.8 Å². The number of halogens is 1. The molecule has 0 saturated heterocycles. The summed E-state index contributed by atoms with van der Waals surface area (Å²) in [6.45, 7) is 2.99. The van der Waals surface area contributed by atoms with Crippen LogP contribution in [0.1, 0.15) is 32.6 Å². The standard InChI is InChI=1S/C17H22BrN3/c1-12-5-8-17(11-19,9-6-12)21-16-14-3-2-4-15(18)13(14)7-10-20-16/h2-4,7,10,12H,5-6,8-9,11,19H2,1H3,(H,20,21). The van der Waals surface area contributed by atoms with Gasteiger partial charge < -0.3 is 11.1 Å². The molecule has 1 heterocycles. The Kier molecular flexibility index (Phi) is 4.18. The summed E-state index contributed by atoms with van der Waals surface area (Å²) in [7, 11) is 0. The third-order valence-electron chi connectivity index (χ3n) is 4.76. The molecule has 1 aromatic carbocycles. The summed E-state index contributed by atoms with van der Waals surface area (Å²) in [5.74, 6) is 1.76. The fourth-order valence-corrected chi connectivity index (χ4v) is 3.71. The predicted octanol–water partition coefficient (Wildman–Crippen LogP) is 4.32. The molecule has 1 saturated carbocycles. The highest BCUT2D eigenvalue weighted by molar-refractivity contribution is 9.10. The van der Waals surface area contributed by atoms with Crippen LogP contribution in [0.2, 0.25) is 0 Å². The minimum absolute atomic E-state index is 0.00386. The second-order valence-corrected chi connectivity index (χ2v) is 7.14. The smallest absolute Gasteiger partial charge is 0.134 e. The first kappa shape index (κ1) is 14.8. The van der Waals surface area contributed by atoms with E-state index in [9.17, 15) is 0 Å². The quantitative estimate of drug-likeness (QED) is 0.869. The topological polar surface area (TPSA) is 50.9 Å². The zero-order valence-corrected chi connectivity index (χ0v) is 14.0. The van der Waals surface area contributed by atoms with Crippen molar-refractivity contribution in [2.24, 2.45) is 11.7 Å². The van der Waals surface area contributed by atoms with Gasteiger partial charge in [0, 0.05) is 28.0 Å². The van der Waals surface area contributed by atoms with Gasteiger partial charge in [-0.05, 0) is 43.7 Å². The molecular weight excluding hydrogens is 326 g/mol. The predicted molar refractivity (Wildman–Crippen MR) is 92.5 cm³/mol. The van der Waals surface area contributed by atoms with Gasteiger partial charge in [-0.3, -0.25) is 0 Å². The highest BCUT2D eigenvalue weighted by atomic mass is 79.9. The number of nitrogens with one attached hydrogen (secondary N) is 1. The summed E-state index contributed by atoms with van der Waals surface area (Å²) in [6, 6.07) is 8.28. The number of aromatic nitrogens is 1. The lowest BCUT2D eigenvalue weighted by Gasteiger charge is -2.40. The minimum atomic E-state index is -0.00386. The summed E-state index contributed by atoms with van der Waals surface area (Å²) in [6.07, 6.45) is 6.58. The number of pyridine rings is 1. The fourth-order valence-electron chi connectivity index (χ4n) is 3.21. The van der Waals surface area contributed by atoms with E-state index in [0.29, 0.717) is 6.54 Å². The minimum Gasteiger partial charge on any atom is -0.363 e. The van der Waals surface area contributed by atoms with Crippen LogP contribution in [-0.4, -0.2) is 17.1 Å². The Morgan fingerprint density at radius 2 is 2.05 bits per heavy atom. The van der Waals surface area contributed by atoms with E-state index in [1.165, 1.54) is 18.2 Å². The maximum Gasteiger partial charge on any atom is 0.134 e. The van der Waals surface area contributed by atoms with E-state index >= 15 is 0 Å². The Labute approximate surface area is 134 Å². The van der Waals surface area contributed by atoms with Gasteiger partial charge in [0.1, 0.15) is 5.82 Å². The van der Waals surface area contributed by atoms with Gasteiger partial charge in [0.05, 0.1) is 5.54 Å². The maximum absolute atomic E-state index is 6.11. The van der Waals surface area contributed by atoms with Gasteiger partial charge in [-0.2, -0.15) is 0 Å². The molecule has 0 atom stereocenters. The van der Waals surface area contributed by atoms with Gasteiger partial charge in [0.2, 0.25) is 0 Å². The molecule has 0 spiro atoms. The molecule has 3 nitrogen and oxygen atoms in total. The fraction of sp³-hybridized carbons (Fsp3) is 0.471. The Balaban J connectivity index is 1.95. The molecule has 1 aromatic heterocycles. The number of hydrogen-bond acceptors (Lipinski definition) is 3. The largest absolute Gasteiger partial charge is 0.363 e. The van der Waals surface area contributed by atoms with E-state index in [2.05, 4.69) is 51.4 Å². The highest BCUT2D eigenvalue weighted by Gasteiger charge is 2.33. The molecule has 1 fully saturated rings. The number of benzene rings is 1. The third kappa shape index (κ3) is 2.92. The van der Waals surface area contributed by atoms with Gasteiger partial charge >= 0.3 is 0 Å². The summed E-state index contributed by atoms with van der Waals surface area (Å²) < 4.78 is 1.10. The zero-order chi connectivity index (χ0) is 14.9. The molecule has 0 unspecified atom stereocenters. The van der Waals surface area contributed by atoms with E-state index in [1.807, 2.05) is 12.3 Å². The first-order chi connectivity index (χ1) is 10.1. The number of rotatable bonds is 3. The van der Waals surface area contributed by atoms with Gasteiger partial charge in [-0.1, -0.05) is 35.0 Å². The lowest BCUT2D eigenvalue weighted by atomic mass is 9.77. The number of nitrogens with two attached hydrogens (primary N) is 1.